The molecule has 0 saturated heterocycles. The van der Waals surface area contributed by atoms with Gasteiger partial charge in [-0.15, -0.1) is 0 Å². The third-order valence-electron chi connectivity index (χ3n) is 2.84. The molecule has 0 rings (SSSR count). The van der Waals surface area contributed by atoms with Gasteiger partial charge >= 0.3 is 0 Å². The minimum Gasteiger partial charge on any atom is -0.310 e. The molecule has 0 aliphatic rings. The second-order valence-corrected chi connectivity index (χ2v) is 4.27. The fourth-order valence-corrected chi connectivity index (χ4v) is 1.82. The van der Waals surface area contributed by atoms with Gasteiger partial charge in [-0.1, -0.05) is 25.7 Å². The summed E-state index contributed by atoms with van der Waals surface area (Å²) in [6, 6.07) is 0. The first kappa shape index (κ1) is 15.6. The fraction of sp³-hybridized carbons (Fsp3) is 0.467. The number of hydrogen-bond donors (Lipinski definition) is 1. The van der Waals surface area contributed by atoms with Gasteiger partial charge in [0.15, 0.2) is 0 Å². The van der Waals surface area contributed by atoms with Gasteiger partial charge in [-0.3, -0.25) is 4.99 Å². The molecular formula is C15H24N2. The molecule has 94 valence electrons. The first-order valence-electron chi connectivity index (χ1n) is 6.01. The van der Waals surface area contributed by atoms with Gasteiger partial charge in [0.2, 0.25) is 0 Å². The summed E-state index contributed by atoms with van der Waals surface area (Å²) in [5, 5.41) is 7.61. The van der Waals surface area contributed by atoms with E-state index in [4.69, 9.17) is 5.41 Å². The molecule has 1 unspecified atom stereocenters. The number of hydrogen-bond acceptors (Lipinski definition) is 2. The molecule has 17 heavy (non-hydrogen) atoms. The van der Waals surface area contributed by atoms with Gasteiger partial charge in [0.25, 0.3) is 0 Å². The highest BCUT2D eigenvalue weighted by Crippen LogP contribution is 2.28. The summed E-state index contributed by atoms with van der Waals surface area (Å²) in [5.74, 6) is 0.315. The molecular weight excluding hydrogens is 208 g/mol. The van der Waals surface area contributed by atoms with E-state index >= 15 is 0 Å². The third kappa shape index (κ3) is 4.94. The quantitative estimate of drug-likeness (QED) is 0.494. The lowest BCUT2D eigenvalue weighted by atomic mass is 9.86. The molecule has 0 aliphatic heterocycles. The predicted octanol–water partition coefficient (Wildman–Crippen LogP) is 4.55. The topological polar surface area (TPSA) is 36.2 Å². The van der Waals surface area contributed by atoms with Crippen molar-refractivity contribution in [2.24, 2.45) is 10.9 Å². The maximum absolute atomic E-state index is 7.61. The molecule has 1 N–H and O–H groups in total. The van der Waals surface area contributed by atoms with Crippen LogP contribution in [0.2, 0.25) is 0 Å². The van der Waals surface area contributed by atoms with Crippen LogP contribution in [0.4, 0.5) is 0 Å². The monoisotopic (exact) mass is 232 g/mol. The van der Waals surface area contributed by atoms with Crippen LogP contribution in [0, 0.1) is 11.3 Å². The highest BCUT2D eigenvalue weighted by Gasteiger charge is 2.15. The van der Waals surface area contributed by atoms with E-state index in [-0.39, 0.29) is 0 Å². The Labute approximate surface area is 105 Å². The molecule has 0 aromatic carbocycles. The lowest BCUT2D eigenvalue weighted by Crippen LogP contribution is -2.09. The summed E-state index contributed by atoms with van der Waals surface area (Å²) in [6.07, 6.45) is 5.76. The molecule has 1 atom stereocenters. The van der Waals surface area contributed by atoms with E-state index in [9.17, 15) is 0 Å². The molecule has 0 aromatic rings. The summed E-state index contributed by atoms with van der Waals surface area (Å²) in [4.78, 5) is 3.99. The highest BCUT2D eigenvalue weighted by atomic mass is 14.7. The summed E-state index contributed by atoms with van der Waals surface area (Å²) >= 11 is 0. The van der Waals surface area contributed by atoms with E-state index in [2.05, 4.69) is 25.2 Å². The summed E-state index contributed by atoms with van der Waals surface area (Å²) in [5.41, 5.74) is 3.70. The average molecular weight is 232 g/mol. The molecule has 0 saturated carbocycles. The maximum Gasteiger partial charge on any atom is 0.0440 e. The highest BCUT2D eigenvalue weighted by molar-refractivity contribution is 5.79. The van der Waals surface area contributed by atoms with E-state index in [1.54, 1.807) is 0 Å². The van der Waals surface area contributed by atoms with Crippen LogP contribution in [0.15, 0.2) is 40.6 Å². The Morgan fingerprint density at radius 3 is 2.35 bits per heavy atom. The molecule has 0 aliphatic carbocycles. The Bertz CT molecular complexity index is 359. The standard InChI is InChI=1S/C15H24N2/c1-7-9-15(13(5)17-6)12(4)14(8-2)10-11(3)16/h7,9,14,16H,4,6,8,10H2,1-3,5H3/b9-7-,15-13-,16-11?. The SMILES string of the molecule is C=N/C(C)=C(/C=C\C)C(=C)C(CC)CC(C)=N. The van der Waals surface area contributed by atoms with Crippen molar-refractivity contribution in [2.45, 2.75) is 40.5 Å². The van der Waals surface area contributed by atoms with Gasteiger partial charge in [-0.05, 0) is 57.4 Å². The van der Waals surface area contributed by atoms with E-state index < -0.39 is 0 Å². The van der Waals surface area contributed by atoms with Gasteiger partial charge in [0, 0.05) is 11.4 Å². The first-order valence-corrected chi connectivity index (χ1v) is 6.01. The lowest BCUT2D eigenvalue weighted by Gasteiger charge is -2.19. The van der Waals surface area contributed by atoms with Gasteiger partial charge in [0.05, 0.1) is 0 Å². The van der Waals surface area contributed by atoms with Crippen molar-refractivity contribution in [2.75, 3.05) is 0 Å². The Morgan fingerprint density at radius 1 is 1.41 bits per heavy atom. The van der Waals surface area contributed by atoms with Crippen molar-refractivity contribution in [3.8, 4) is 0 Å². The van der Waals surface area contributed by atoms with Crippen LogP contribution in [-0.4, -0.2) is 12.4 Å². The van der Waals surface area contributed by atoms with Crippen LogP contribution < -0.4 is 0 Å². The van der Waals surface area contributed by atoms with Crippen molar-refractivity contribution >= 4 is 12.4 Å². The van der Waals surface area contributed by atoms with Gasteiger partial charge in [0.1, 0.15) is 0 Å². The Balaban J connectivity index is 5.20. The zero-order chi connectivity index (χ0) is 13.4. The molecule has 0 heterocycles. The van der Waals surface area contributed by atoms with Crippen LogP contribution in [0.5, 0.6) is 0 Å². The van der Waals surface area contributed by atoms with Crippen molar-refractivity contribution < 1.29 is 0 Å². The van der Waals surface area contributed by atoms with E-state index in [1.165, 1.54) is 0 Å². The largest absolute Gasteiger partial charge is 0.310 e. The van der Waals surface area contributed by atoms with Crippen LogP contribution in [-0.2, 0) is 0 Å². The van der Waals surface area contributed by atoms with Crippen molar-refractivity contribution in [3.05, 3.63) is 35.6 Å². The summed E-state index contributed by atoms with van der Waals surface area (Å²) in [7, 11) is 0. The summed E-state index contributed by atoms with van der Waals surface area (Å²) < 4.78 is 0. The smallest absolute Gasteiger partial charge is 0.0440 e. The van der Waals surface area contributed by atoms with E-state index in [0.29, 0.717) is 11.6 Å². The van der Waals surface area contributed by atoms with Gasteiger partial charge in [-0.2, -0.15) is 0 Å². The van der Waals surface area contributed by atoms with Crippen LogP contribution in [0.3, 0.4) is 0 Å². The predicted molar refractivity (Wildman–Crippen MR) is 78.0 cm³/mol. The molecule has 2 nitrogen and oxygen atoms in total. The fourth-order valence-electron chi connectivity index (χ4n) is 1.82. The first-order chi connectivity index (χ1) is 7.97. The van der Waals surface area contributed by atoms with Gasteiger partial charge in [-0.25, -0.2) is 0 Å². The lowest BCUT2D eigenvalue weighted by molar-refractivity contribution is 0.623. The number of rotatable bonds is 7. The van der Waals surface area contributed by atoms with E-state index in [1.807, 2.05) is 32.9 Å². The molecule has 0 radical (unpaired) electrons. The van der Waals surface area contributed by atoms with Crippen molar-refractivity contribution in [1.29, 1.82) is 5.41 Å². The van der Waals surface area contributed by atoms with Crippen LogP contribution in [0.1, 0.15) is 40.5 Å². The zero-order valence-corrected chi connectivity index (χ0v) is 11.5. The van der Waals surface area contributed by atoms with Crippen LogP contribution in [0.25, 0.3) is 0 Å². The average Bonchev–Trinajstić information content (AvgIpc) is 2.30. The minimum absolute atomic E-state index is 0.315. The minimum atomic E-state index is 0.315. The Hall–Kier alpha value is -1.44. The normalized spacial score (nSPS) is 14.4. The van der Waals surface area contributed by atoms with Crippen molar-refractivity contribution in [3.63, 3.8) is 0 Å². The second kappa shape index (κ2) is 7.77. The third-order valence-corrected chi connectivity index (χ3v) is 2.84. The molecule has 0 amide bonds. The maximum atomic E-state index is 7.61. The molecule has 0 fully saturated rings. The molecule has 0 aromatic heterocycles. The number of nitrogens with one attached hydrogen (secondary N) is 1. The number of nitrogens with zero attached hydrogens (tertiary/aromatic N) is 1. The zero-order valence-electron chi connectivity index (χ0n) is 11.5. The number of allylic oxidation sites excluding steroid dienone is 5. The number of aliphatic imine (C=N–C) groups is 1. The van der Waals surface area contributed by atoms with Crippen molar-refractivity contribution in [1.82, 2.24) is 0 Å². The summed E-state index contributed by atoms with van der Waals surface area (Å²) in [6.45, 7) is 15.6. The Morgan fingerprint density at radius 2 is 2.00 bits per heavy atom. The van der Waals surface area contributed by atoms with Gasteiger partial charge < -0.3 is 5.41 Å². The molecule has 0 spiro atoms. The molecule has 2 heteroatoms. The van der Waals surface area contributed by atoms with Crippen LogP contribution >= 0.6 is 0 Å². The second-order valence-electron chi connectivity index (χ2n) is 4.27. The Kier molecular flexibility index (Phi) is 7.11. The molecule has 0 bridgehead atoms. The van der Waals surface area contributed by atoms with E-state index in [0.717, 1.165) is 29.7 Å².